The van der Waals surface area contributed by atoms with Crippen LogP contribution in [-0.4, -0.2) is 6.29 Å². The van der Waals surface area contributed by atoms with E-state index in [1.807, 2.05) is 18.2 Å². The van der Waals surface area contributed by atoms with Crippen molar-refractivity contribution < 1.29 is 4.79 Å². The van der Waals surface area contributed by atoms with Crippen molar-refractivity contribution >= 4 is 56.3 Å². The van der Waals surface area contributed by atoms with Gasteiger partial charge in [-0.15, -0.1) is 24.0 Å². The third-order valence-electron chi connectivity index (χ3n) is 1.81. The van der Waals surface area contributed by atoms with Gasteiger partial charge in [-0.05, 0) is 34.1 Å². The number of rotatable bonds is 1. The summed E-state index contributed by atoms with van der Waals surface area (Å²) in [5.41, 5.74) is 0.669. The van der Waals surface area contributed by atoms with Crippen molar-refractivity contribution in [2.45, 2.75) is 4.90 Å². The molecule has 1 nitrogen and oxygen atoms in total. The number of halogens is 1. The summed E-state index contributed by atoms with van der Waals surface area (Å²) >= 11 is 9.23. The predicted octanol–water partition coefficient (Wildman–Crippen LogP) is 3.77. The van der Waals surface area contributed by atoms with Gasteiger partial charge in [0.1, 0.15) is 0 Å². The molecule has 0 fully saturated rings. The van der Waals surface area contributed by atoms with E-state index in [1.165, 1.54) is 0 Å². The van der Waals surface area contributed by atoms with Crippen LogP contribution in [0, 0.1) is 0 Å². The minimum atomic E-state index is 0.669. The average molecular weight is 273 g/mol. The Hall–Kier alpha value is -0.320. The number of hydrogen-bond donors (Lipinski definition) is 1. The van der Waals surface area contributed by atoms with Gasteiger partial charge >= 0.3 is 0 Å². The topological polar surface area (TPSA) is 17.1 Å². The van der Waals surface area contributed by atoms with E-state index >= 15 is 0 Å². The number of carbonyl (C=O) groups is 1. The maximum atomic E-state index is 10.8. The van der Waals surface area contributed by atoms with Gasteiger partial charge in [-0.2, -0.15) is 0 Å². The van der Waals surface area contributed by atoms with Crippen LogP contribution in [0.3, 0.4) is 0 Å². The normalized spacial score (nSPS) is 10.6. The van der Waals surface area contributed by atoms with Gasteiger partial charge in [0.15, 0.2) is 6.29 Å². The number of fused-ring (bicyclic) bond motifs is 1. The minimum Gasteiger partial charge on any atom is -0.298 e. The Labute approximate surface area is 93.3 Å². The standard InChI is InChI=1S/C9H5BrOS2/c10-9-3-5-6(4-11)7(12)1-2-8(5)13-9/h1-4,12H. The highest BCUT2D eigenvalue weighted by atomic mass is 79.9. The second-order valence-corrected chi connectivity index (χ2v) is 5.52. The molecule has 0 bridgehead atoms. The summed E-state index contributed by atoms with van der Waals surface area (Å²) in [5.74, 6) is 0. The number of carbonyl (C=O) groups excluding carboxylic acids is 1. The highest BCUT2D eigenvalue weighted by molar-refractivity contribution is 9.11. The second-order valence-electron chi connectivity index (χ2n) is 2.58. The van der Waals surface area contributed by atoms with Crippen LogP contribution in [0.4, 0.5) is 0 Å². The first kappa shape index (κ1) is 9.24. The third kappa shape index (κ3) is 1.54. The summed E-state index contributed by atoms with van der Waals surface area (Å²) in [6.07, 6.45) is 0.851. The molecule has 0 saturated carbocycles. The maximum absolute atomic E-state index is 10.8. The molecule has 1 heterocycles. The van der Waals surface area contributed by atoms with E-state index in [0.717, 1.165) is 25.1 Å². The van der Waals surface area contributed by atoms with E-state index in [-0.39, 0.29) is 0 Å². The molecule has 0 aliphatic carbocycles. The molecule has 0 atom stereocenters. The molecule has 1 aromatic carbocycles. The van der Waals surface area contributed by atoms with Crippen molar-refractivity contribution in [3.8, 4) is 0 Å². The summed E-state index contributed by atoms with van der Waals surface area (Å²) in [7, 11) is 0. The van der Waals surface area contributed by atoms with Gasteiger partial charge in [0, 0.05) is 20.5 Å². The molecule has 0 N–H and O–H groups in total. The molecule has 0 aliphatic heterocycles. The number of thiol groups is 1. The molecular weight excluding hydrogens is 268 g/mol. The van der Waals surface area contributed by atoms with Crippen LogP contribution < -0.4 is 0 Å². The van der Waals surface area contributed by atoms with Gasteiger partial charge in [0.2, 0.25) is 0 Å². The quantitative estimate of drug-likeness (QED) is 0.618. The lowest BCUT2D eigenvalue weighted by molar-refractivity contribution is 0.112. The SMILES string of the molecule is O=Cc1c(S)ccc2sc(Br)cc12. The summed E-state index contributed by atoms with van der Waals surface area (Å²) in [5, 5.41) is 0.972. The van der Waals surface area contributed by atoms with Crippen LogP contribution in [-0.2, 0) is 0 Å². The van der Waals surface area contributed by atoms with E-state index in [9.17, 15) is 4.79 Å². The van der Waals surface area contributed by atoms with Gasteiger partial charge in [-0.3, -0.25) is 4.79 Å². The summed E-state index contributed by atoms with van der Waals surface area (Å²) in [6.45, 7) is 0. The van der Waals surface area contributed by atoms with E-state index in [0.29, 0.717) is 5.56 Å². The molecule has 2 aromatic rings. The summed E-state index contributed by atoms with van der Waals surface area (Å²) < 4.78 is 2.14. The van der Waals surface area contributed by atoms with Crippen molar-refractivity contribution in [2.24, 2.45) is 0 Å². The monoisotopic (exact) mass is 272 g/mol. The average Bonchev–Trinajstić information content (AvgIpc) is 2.45. The lowest BCUT2D eigenvalue weighted by Gasteiger charge is -1.97. The second kappa shape index (κ2) is 3.44. The zero-order chi connectivity index (χ0) is 9.42. The minimum absolute atomic E-state index is 0.669. The van der Waals surface area contributed by atoms with E-state index in [4.69, 9.17) is 0 Å². The van der Waals surface area contributed by atoms with Crippen molar-refractivity contribution in [1.82, 2.24) is 0 Å². The number of benzene rings is 1. The van der Waals surface area contributed by atoms with E-state index in [1.54, 1.807) is 11.3 Å². The fraction of sp³-hybridized carbons (Fsp3) is 0. The highest BCUT2D eigenvalue weighted by Crippen LogP contribution is 2.33. The van der Waals surface area contributed by atoms with Gasteiger partial charge < -0.3 is 0 Å². The predicted molar refractivity (Wildman–Crippen MR) is 62.2 cm³/mol. The first-order chi connectivity index (χ1) is 6.22. The number of hydrogen-bond acceptors (Lipinski definition) is 3. The first-order valence-corrected chi connectivity index (χ1v) is 5.64. The molecule has 0 aliphatic rings. The Kier molecular flexibility index (Phi) is 2.45. The molecule has 2 rings (SSSR count). The summed E-state index contributed by atoms with van der Waals surface area (Å²) in [6, 6.07) is 5.77. The van der Waals surface area contributed by atoms with Crippen LogP contribution in [0.5, 0.6) is 0 Å². The highest BCUT2D eigenvalue weighted by Gasteiger charge is 2.06. The number of aldehydes is 1. The molecule has 0 amide bonds. The molecule has 0 unspecified atom stereocenters. The van der Waals surface area contributed by atoms with Gasteiger partial charge in [0.25, 0.3) is 0 Å². The zero-order valence-corrected chi connectivity index (χ0v) is 9.75. The lowest BCUT2D eigenvalue weighted by atomic mass is 10.1. The lowest BCUT2D eigenvalue weighted by Crippen LogP contribution is -1.82. The fourth-order valence-corrected chi connectivity index (χ4v) is 3.02. The van der Waals surface area contributed by atoms with Crippen LogP contribution >= 0.6 is 39.9 Å². The van der Waals surface area contributed by atoms with E-state index < -0.39 is 0 Å². The van der Waals surface area contributed by atoms with Crippen molar-refractivity contribution in [3.05, 3.63) is 27.5 Å². The molecule has 0 saturated heterocycles. The molecule has 0 radical (unpaired) electrons. The third-order valence-corrected chi connectivity index (χ3v) is 3.80. The molecular formula is C9H5BrOS2. The first-order valence-electron chi connectivity index (χ1n) is 3.58. The molecule has 1 aromatic heterocycles. The number of thiophene rings is 1. The molecule has 13 heavy (non-hydrogen) atoms. The van der Waals surface area contributed by atoms with Crippen molar-refractivity contribution in [3.63, 3.8) is 0 Å². The summed E-state index contributed by atoms with van der Waals surface area (Å²) in [4.78, 5) is 11.5. The van der Waals surface area contributed by atoms with Crippen molar-refractivity contribution in [2.75, 3.05) is 0 Å². The Morgan fingerprint density at radius 2 is 2.23 bits per heavy atom. The largest absolute Gasteiger partial charge is 0.298 e. The molecule has 66 valence electrons. The zero-order valence-electron chi connectivity index (χ0n) is 6.45. The molecule has 0 spiro atoms. The van der Waals surface area contributed by atoms with Crippen LogP contribution in [0.2, 0.25) is 0 Å². The Morgan fingerprint density at radius 3 is 2.92 bits per heavy atom. The van der Waals surface area contributed by atoms with Crippen LogP contribution in [0.25, 0.3) is 10.1 Å². The molecule has 4 heteroatoms. The van der Waals surface area contributed by atoms with Crippen molar-refractivity contribution in [1.29, 1.82) is 0 Å². The smallest absolute Gasteiger partial charge is 0.151 e. The Morgan fingerprint density at radius 1 is 1.46 bits per heavy atom. The maximum Gasteiger partial charge on any atom is 0.151 e. The van der Waals surface area contributed by atoms with Crippen LogP contribution in [0.15, 0.2) is 26.9 Å². The van der Waals surface area contributed by atoms with Gasteiger partial charge in [-0.25, -0.2) is 0 Å². The van der Waals surface area contributed by atoms with Gasteiger partial charge in [0.05, 0.1) is 3.79 Å². The fourth-order valence-electron chi connectivity index (χ4n) is 1.21. The van der Waals surface area contributed by atoms with Crippen LogP contribution in [0.1, 0.15) is 10.4 Å². The van der Waals surface area contributed by atoms with E-state index in [2.05, 4.69) is 28.6 Å². The van der Waals surface area contributed by atoms with Gasteiger partial charge in [-0.1, -0.05) is 0 Å². The Bertz CT molecular complexity index is 476. The Balaban J connectivity index is 2.90.